The molecule has 1 aromatic heterocycles. The Morgan fingerprint density at radius 2 is 2.04 bits per heavy atom. The van der Waals surface area contributed by atoms with Crippen LogP contribution in [0.2, 0.25) is 5.02 Å². The minimum Gasteiger partial charge on any atom is -0.242 e. The van der Waals surface area contributed by atoms with Gasteiger partial charge in [0, 0.05) is 23.0 Å². The van der Waals surface area contributed by atoms with Crippen LogP contribution in [0.1, 0.15) is 11.1 Å². The lowest BCUT2D eigenvalue weighted by atomic mass is 10.1. The van der Waals surface area contributed by atoms with Crippen molar-refractivity contribution in [1.82, 2.24) is 4.98 Å². The van der Waals surface area contributed by atoms with Gasteiger partial charge in [-0.15, -0.1) is 11.3 Å². The Morgan fingerprint density at radius 3 is 2.79 bits per heavy atom. The second kappa shape index (κ2) is 7.11. The Hall–Kier alpha value is -2.24. The van der Waals surface area contributed by atoms with Crippen LogP contribution in [0.15, 0.2) is 52.9 Å². The predicted octanol–water partition coefficient (Wildman–Crippen LogP) is 5.38. The van der Waals surface area contributed by atoms with Crippen molar-refractivity contribution in [2.75, 3.05) is 12.1 Å². The van der Waals surface area contributed by atoms with Crippen LogP contribution in [-0.4, -0.2) is 18.2 Å². The smallest absolute Gasteiger partial charge is 0.206 e. The second-order valence-corrected chi connectivity index (χ2v) is 6.51. The molecule has 0 aliphatic rings. The van der Waals surface area contributed by atoms with Gasteiger partial charge in [0.25, 0.3) is 0 Å². The largest absolute Gasteiger partial charge is 0.242 e. The number of rotatable bonds is 4. The van der Waals surface area contributed by atoms with E-state index in [4.69, 9.17) is 11.6 Å². The SMILES string of the molecule is Cc1cc(F)ccc1/C=N/N(C)c1nc(-c2ccccc2Cl)cs1. The third-order valence-electron chi connectivity index (χ3n) is 3.52. The lowest BCUT2D eigenvalue weighted by molar-refractivity contribution is 0.626. The Kier molecular flexibility index (Phi) is 4.92. The van der Waals surface area contributed by atoms with Gasteiger partial charge in [0.15, 0.2) is 0 Å². The van der Waals surface area contributed by atoms with Crippen LogP contribution in [0.4, 0.5) is 9.52 Å². The summed E-state index contributed by atoms with van der Waals surface area (Å²) in [7, 11) is 1.82. The summed E-state index contributed by atoms with van der Waals surface area (Å²) in [6.45, 7) is 1.85. The Morgan fingerprint density at radius 1 is 1.25 bits per heavy atom. The van der Waals surface area contributed by atoms with E-state index in [1.54, 1.807) is 17.3 Å². The molecule has 0 saturated carbocycles. The molecule has 122 valence electrons. The number of aryl methyl sites for hydroxylation is 1. The first-order chi connectivity index (χ1) is 11.5. The van der Waals surface area contributed by atoms with Gasteiger partial charge in [0.05, 0.1) is 11.9 Å². The Labute approximate surface area is 149 Å². The molecule has 0 saturated heterocycles. The number of anilines is 1. The monoisotopic (exact) mass is 359 g/mol. The lowest BCUT2D eigenvalue weighted by Crippen LogP contribution is -2.08. The van der Waals surface area contributed by atoms with Crippen LogP contribution in [0.25, 0.3) is 11.3 Å². The van der Waals surface area contributed by atoms with Gasteiger partial charge in [-0.1, -0.05) is 35.9 Å². The fourth-order valence-electron chi connectivity index (χ4n) is 2.19. The molecule has 0 spiro atoms. The van der Waals surface area contributed by atoms with Crippen LogP contribution in [0, 0.1) is 12.7 Å². The van der Waals surface area contributed by atoms with Crippen molar-refractivity contribution >= 4 is 34.3 Å². The molecule has 0 aliphatic carbocycles. The number of hydrogen-bond acceptors (Lipinski definition) is 4. The van der Waals surface area contributed by atoms with Crippen LogP contribution in [-0.2, 0) is 0 Å². The van der Waals surface area contributed by atoms with Gasteiger partial charge in [0.1, 0.15) is 5.82 Å². The highest BCUT2D eigenvalue weighted by atomic mass is 35.5. The topological polar surface area (TPSA) is 28.5 Å². The highest BCUT2D eigenvalue weighted by Crippen LogP contribution is 2.31. The zero-order chi connectivity index (χ0) is 17.1. The zero-order valence-electron chi connectivity index (χ0n) is 13.2. The molecule has 3 rings (SSSR count). The summed E-state index contributed by atoms with van der Waals surface area (Å²) in [5.41, 5.74) is 3.42. The van der Waals surface area contributed by atoms with E-state index >= 15 is 0 Å². The van der Waals surface area contributed by atoms with Gasteiger partial charge in [-0.3, -0.25) is 0 Å². The number of hydrogen-bond donors (Lipinski definition) is 0. The third kappa shape index (κ3) is 3.63. The minimum absolute atomic E-state index is 0.248. The number of benzene rings is 2. The van der Waals surface area contributed by atoms with E-state index in [-0.39, 0.29) is 5.82 Å². The molecule has 24 heavy (non-hydrogen) atoms. The first-order valence-electron chi connectivity index (χ1n) is 7.29. The number of halogens is 2. The Bertz CT molecular complexity index is 891. The van der Waals surface area contributed by atoms with Gasteiger partial charge >= 0.3 is 0 Å². The van der Waals surface area contributed by atoms with Gasteiger partial charge in [0.2, 0.25) is 5.13 Å². The number of thiazole rings is 1. The van der Waals surface area contributed by atoms with Crippen LogP contribution in [0.3, 0.4) is 0 Å². The molecule has 0 unspecified atom stereocenters. The van der Waals surface area contributed by atoms with Crippen LogP contribution < -0.4 is 5.01 Å². The molecule has 1 heterocycles. The van der Waals surface area contributed by atoms with Crippen LogP contribution in [0.5, 0.6) is 0 Å². The molecule has 0 aliphatic heterocycles. The highest BCUT2D eigenvalue weighted by Gasteiger charge is 2.10. The molecule has 0 fully saturated rings. The molecular formula is C18H15ClFN3S. The van der Waals surface area contributed by atoms with Crippen molar-refractivity contribution in [3.05, 3.63) is 69.8 Å². The summed E-state index contributed by atoms with van der Waals surface area (Å²) >= 11 is 7.70. The first kappa shape index (κ1) is 16.6. The third-order valence-corrected chi connectivity index (χ3v) is 4.76. The summed E-state index contributed by atoms with van der Waals surface area (Å²) in [4.78, 5) is 4.58. The van der Waals surface area contributed by atoms with E-state index in [1.807, 2.05) is 43.6 Å². The average molecular weight is 360 g/mol. The van der Waals surface area contributed by atoms with Crippen LogP contribution >= 0.6 is 22.9 Å². The maximum Gasteiger partial charge on any atom is 0.206 e. The number of aromatic nitrogens is 1. The number of nitrogens with zero attached hydrogens (tertiary/aromatic N) is 3. The summed E-state index contributed by atoms with van der Waals surface area (Å²) in [5, 5.41) is 9.44. The van der Waals surface area contributed by atoms with Gasteiger partial charge < -0.3 is 0 Å². The Balaban J connectivity index is 1.80. The van der Waals surface area contributed by atoms with Crippen molar-refractivity contribution in [3.63, 3.8) is 0 Å². The van der Waals surface area contributed by atoms with E-state index < -0.39 is 0 Å². The molecule has 3 nitrogen and oxygen atoms in total. The van der Waals surface area contributed by atoms with Crippen molar-refractivity contribution < 1.29 is 4.39 Å². The average Bonchev–Trinajstić information content (AvgIpc) is 3.04. The molecule has 0 bridgehead atoms. The standard InChI is InChI=1S/C18H15ClFN3S/c1-12-9-14(20)8-7-13(12)10-21-23(2)18-22-17(11-24-18)15-5-3-4-6-16(15)19/h3-11H,1-2H3/b21-10+. The van der Waals surface area contributed by atoms with Gasteiger partial charge in [-0.25, -0.2) is 14.4 Å². The van der Waals surface area contributed by atoms with E-state index in [1.165, 1.54) is 23.5 Å². The molecule has 0 N–H and O–H groups in total. The lowest BCUT2D eigenvalue weighted by Gasteiger charge is -2.08. The number of hydrazone groups is 1. The van der Waals surface area contributed by atoms with Gasteiger partial charge in [-0.2, -0.15) is 5.10 Å². The maximum atomic E-state index is 13.1. The molecule has 0 radical (unpaired) electrons. The van der Waals surface area contributed by atoms with Crippen molar-refractivity contribution in [2.45, 2.75) is 6.92 Å². The molecule has 2 aromatic carbocycles. The first-order valence-corrected chi connectivity index (χ1v) is 8.54. The molecule has 6 heteroatoms. The summed E-state index contributed by atoms with van der Waals surface area (Å²) in [6, 6.07) is 12.2. The minimum atomic E-state index is -0.248. The fourth-order valence-corrected chi connectivity index (χ4v) is 3.17. The van der Waals surface area contributed by atoms with E-state index in [9.17, 15) is 4.39 Å². The van der Waals surface area contributed by atoms with Gasteiger partial charge in [-0.05, 0) is 36.2 Å². The fraction of sp³-hybridized carbons (Fsp3) is 0.111. The molecular weight excluding hydrogens is 345 g/mol. The van der Waals surface area contributed by atoms with Crippen molar-refractivity contribution in [1.29, 1.82) is 0 Å². The summed E-state index contributed by atoms with van der Waals surface area (Å²) < 4.78 is 13.1. The second-order valence-electron chi connectivity index (χ2n) is 5.26. The van der Waals surface area contributed by atoms with Crippen molar-refractivity contribution in [3.8, 4) is 11.3 Å². The van der Waals surface area contributed by atoms with E-state index in [0.717, 1.165) is 27.5 Å². The molecule has 3 aromatic rings. The highest BCUT2D eigenvalue weighted by molar-refractivity contribution is 7.14. The van der Waals surface area contributed by atoms with Crippen molar-refractivity contribution in [2.24, 2.45) is 5.10 Å². The molecule has 0 atom stereocenters. The molecule has 0 amide bonds. The van der Waals surface area contributed by atoms with E-state index in [0.29, 0.717) is 5.02 Å². The predicted molar refractivity (Wildman–Crippen MR) is 99.7 cm³/mol. The summed E-state index contributed by atoms with van der Waals surface area (Å²) in [6.07, 6.45) is 1.70. The van der Waals surface area contributed by atoms with E-state index in [2.05, 4.69) is 10.1 Å². The summed E-state index contributed by atoms with van der Waals surface area (Å²) in [5.74, 6) is -0.248. The maximum absolute atomic E-state index is 13.1. The normalized spacial score (nSPS) is 11.2. The zero-order valence-corrected chi connectivity index (χ0v) is 14.8. The quantitative estimate of drug-likeness (QED) is 0.462.